The van der Waals surface area contributed by atoms with Crippen molar-refractivity contribution in [3.63, 3.8) is 0 Å². The Morgan fingerprint density at radius 1 is 1.24 bits per heavy atom. The number of furan rings is 1. The largest absolute Gasteiger partial charge is 0.462 e. The van der Waals surface area contributed by atoms with Crippen molar-refractivity contribution in [3.05, 3.63) is 23.7 Å². The number of carbonyl (C=O) groups excluding carboxylic acids is 1. The van der Waals surface area contributed by atoms with E-state index in [1.165, 1.54) is 12.8 Å². The Bertz CT molecular complexity index is 539. The van der Waals surface area contributed by atoms with E-state index in [2.05, 4.69) is 4.90 Å². The molecule has 3 heterocycles. The summed E-state index contributed by atoms with van der Waals surface area (Å²) in [6, 6.07) is 4.03. The van der Waals surface area contributed by atoms with Crippen molar-refractivity contribution in [1.82, 2.24) is 9.80 Å². The molecule has 2 aliphatic rings. The summed E-state index contributed by atoms with van der Waals surface area (Å²) in [5.41, 5.74) is 0. The van der Waals surface area contributed by atoms with Crippen molar-refractivity contribution < 1.29 is 18.7 Å². The second kappa shape index (κ2) is 9.36. The summed E-state index contributed by atoms with van der Waals surface area (Å²) in [6.45, 7) is 6.37. The van der Waals surface area contributed by atoms with Crippen molar-refractivity contribution in [2.45, 2.75) is 38.8 Å². The predicted octanol–water partition coefficient (Wildman–Crippen LogP) is 2.28. The van der Waals surface area contributed by atoms with Crippen LogP contribution in [0.1, 0.15) is 37.2 Å². The van der Waals surface area contributed by atoms with E-state index in [4.69, 9.17) is 13.9 Å². The minimum absolute atomic E-state index is 0.288. The Balaban J connectivity index is 1.41. The second-order valence-corrected chi connectivity index (χ2v) is 7.08. The van der Waals surface area contributed by atoms with Crippen LogP contribution in [0.4, 0.5) is 0 Å². The zero-order chi connectivity index (χ0) is 17.5. The number of likely N-dealkylation sites (tertiary alicyclic amines) is 1. The molecule has 0 saturated carbocycles. The molecular weight excluding hydrogens is 320 g/mol. The summed E-state index contributed by atoms with van der Waals surface area (Å²) in [7, 11) is 1.68. The van der Waals surface area contributed by atoms with Crippen LogP contribution in [-0.2, 0) is 27.4 Å². The molecule has 0 spiro atoms. The highest BCUT2D eigenvalue weighted by Crippen LogP contribution is 2.23. The monoisotopic (exact) mass is 350 g/mol. The van der Waals surface area contributed by atoms with Crippen molar-refractivity contribution >= 4 is 5.91 Å². The topological polar surface area (TPSA) is 55.2 Å². The van der Waals surface area contributed by atoms with E-state index in [-0.39, 0.29) is 5.91 Å². The molecule has 2 fully saturated rings. The van der Waals surface area contributed by atoms with E-state index in [1.807, 2.05) is 17.0 Å². The molecule has 0 bridgehead atoms. The van der Waals surface area contributed by atoms with Crippen LogP contribution in [0.15, 0.2) is 16.5 Å². The van der Waals surface area contributed by atoms with Crippen molar-refractivity contribution in [2.24, 2.45) is 5.92 Å². The molecular formula is C19H30N2O4. The van der Waals surface area contributed by atoms with Gasteiger partial charge in [-0.25, -0.2) is 0 Å². The van der Waals surface area contributed by atoms with Crippen LogP contribution in [0.5, 0.6) is 0 Å². The number of piperidine rings is 1. The summed E-state index contributed by atoms with van der Waals surface area (Å²) >= 11 is 0. The minimum atomic E-state index is 0.288. The summed E-state index contributed by atoms with van der Waals surface area (Å²) < 4.78 is 16.2. The standard InChI is InChI=1S/C19H30N2O4/c1-23-15-18-6-5-17(25-18)14-20-8-2-3-16(13-20)4-7-19(22)21-9-11-24-12-10-21/h5-6,16H,2-4,7-15H2,1H3/t16-/m1/s1. The lowest BCUT2D eigenvalue weighted by molar-refractivity contribution is -0.135. The van der Waals surface area contributed by atoms with Crippen LogP contribution >= 0.6 is 0 Å². The summed E-state index contributed by atoms with van der Waals surface area (Å²) in [6.07, 6.45) is 4.07. The van der Waals surface area contributed by atoms with E-state index < -0.39 is 0 Å². The van der Waals surface area contributed by atoms with Crippen molar-refractivity contribution in [3.8, 4) is 0 Å². The van der Waals surface area contributed by atoms with E-state index >= 15 is 0 Å². The Morgan fingerprint density at radius 2 is 2.04 bits per heavy atom. The number of methoxy groups -OCH3 is 1. The third kappa shape index (κ3) is 5.56. The lowest BCUT2D eigenvalue weighted by Crippen LogP contribution is -2.41. The number of hydrogen-bond donors (Lipinski definition) is 0. The Hall–Kier alpha value is -1.37. The van der Waals surface area contributed by atoms with Crippen LogP contribution < -0.4 is 0 Å². The second-order valence-electron chi connectivity index (χ2n) is 7.08. The molecule has 0 radical (unpaired) electrons. The van der Waals surface area contributed by atoms with Crippen LogP contribution in [-0.4, -0.2) is 62.2 Å². The zero-order valence-corrected chi connectivity index (χ0v) is 15.2. The lowest BCUT2D eigenvalue weighted by Gasteiger charge is -2.33. The smallest absolute Gasteiger partial charge is 0.222 e. The molecule has 0 aromatic carbocycles. The molecule has 0 unspecified atom stereocenters. The number of rotatable bonds is 7. The molecule has 1 aromatic heterocycles. The van der Waals surface area contributed by atoms with Gasteiger partial charge in [0.1, 0.15) is 18.1 Å². The van der Waals surface area contributed by atoms with Gasteiger partial charge in [0.05, 0.1) is 19.8 Å². The van der Waals surface area contributed by atoms with Gasteiger partial charge in [-0.05, 0) is 43.9 Å². The number of ether oxygens (including phenoxy) is 2. The fraction of sp³-hybridized carbons (Fsp3) is 0.737. The summed E-state index contributed by atoms with van der Waals surface area (Å²) in [5, 5.41) is 0. The molecule has 2 saturated heterocycles. The highest BCUT2D eigenvalue weighted by atomic mass is 16.5. The van der Waals surface area contributed by atoms with Gasteiger partial charge in [-0.2, -0.15) is 0 Å². The molecule has 140 valence electrons. The average Bonchev–Trinajstić information content (AvgIpc) is 3.08. The third-order valence-electron chi connectivity index (χ3n) is 5.12. The van der Waals surface area contributed by atoms with Gasteiger partial charge in [-0.3, -0.25) is 9.69 Å². The number of nitrogens with zero attached hydrogens (tertiary/aromatic N) is 2. The maximum absolute atomic E-state index is 12.3. The number of amides is 1. The fourth-order valence-electron chi connectivity index (χ4n) is 3.78. The Labute approximate surface area is 150 Å². The highest BCUT2D eigenvalue weighted by Gasteiger charge is 2.23. The molecule has 1 atom stereocenters. The Kier molecular flexibility index (Phi) is 6.90. The van der Waals surface area contributed by atoms with E-state index in [0.717, 1.165) is 50.7 Å². The SMILES string of the molecule is COCc1ccc(CN2CCC[C@H](CCC(=O)N3CCOCC3)C2)o1. The van der Waals surface area contributed by atoms with Crippen LogP contribution in [0.3, 0.4) is 0 Å². The first-order valence-corrected chi connectivity index (χ1v) is 9.39. The molecule has 1 aromatic rings. The van der Waals surface area contributed by atoms with E-state index in [1.54, 1.807) is 7.11 Å². The van der Waals surface area contributed by atoms with Gasteiger partial charge in [0.2, 0.25) is 5.91 Å². The van der Waals surface area contributed by atoms with E-state index in [0.29, 0.717) is 32.2 Å². The molecule has 25 heavy (non-hydrogen) atoms. The molecule has 6 heteroatoms. The zero-order valence-electron chi connectivity index (χ0n) is 15.2. The molecule has 3 rings (SSSR count). The summed E-state index contributed by atoms with van der Waals surface area (Å²) in [4.78, 5) is 16.7. The van der Waals surface area contributed by atoms with Crippen LogP contribution in [0.2, 0.25) is 0 Å². The van der Waals surface area contributed by atoms with Gasteiger partial charge < -0.3 is 18.8 Å². The average molecular weight is 350 g/mol. The number of hydrogen-bond acceptors (Lipinski definition) is 5. The van der Waals surface area contributed by atoms with Crippen molar-refractivity contribution in [1.29, 1.82) is 0 Å². The fourth-order valence-corrected chi connectivity index (χ4v) is 3.78. The third-order valence-corrected chi connectivity index (χ3v) is 5.12. The maximum atomic E-state index is 12.3. The Morgan fingerprint density at radius 3 is 2.84 bits per heavy atom. The van der Waals surface area contributed by atoms with Gasteiger partial charge in [-0.15, -0.1) is 0 Å². The van der Waals surface area contributed by atoms with Crippen molar-refractivity contribution in [2.75, 3.05) is 46.5 Å². The van der Waals surface area contributed by atoms with Crippen LogP contribution in [0.25, 0.3) is 0 Å². The van der Waals surface area contributed by atoms with Gasteiger partial charge >= 0.3 is 0 Å². The first-order valence-electron chi connectivity index (χ1n) is 9.39. The molecule has 0 N–H and O–H groups in total. The number of carbonyl (C=O) groups is 1. The highest BCUT2D eigenvalue weighted by molar-refractivity contribution is 5.76. The molecule has 2 aliphatic heterocycles. The lowest BCUT2D eigenvalue weighted by atomic mass is 9.93. The van der Waals surface area contributed by atoms with Gasteiger partial charge in [0, 0.05) is 33.2 Å². The number of morpholine rings is 1. The van der Waals surface area contributed by atoms with Gasteiger partial charge in [0.15, 0.2) is 0 Å². The van der Waals surface area contributed by atoms with Crippen LogP contribution in [0, 0.1) is 5.92 Å². The normalized spacial score (nSPS) is 22.3. The minimum Gasteiger partial charge on any atom is -0.462 e. The van der Waals surface area contributed by atoms with Gasteiger partial charge in [-0.1, -0.05) is 0 Å². The first kappa shape index (κ1) is 18.4. The maximum Gasteiger partial charge on any atom is 0.222 e. The predicted molar refractivity (Wildman–Crippen MR) is 94.1 cm³/mol. The van der Waals surface area contributed by atoms with E-state index in [9.17, 15) is 4.79 Å². The first-order chi connectivity index (χ1) is 12.2. The molecule has 0 aliphatic carbocycles. The molecule has 1 amide bonds. The summed E-state index contributed by atoms with van der Waals surface area (Å²) in [5.74, 6) is 2.77. The quantitative estimate of drug-likeness (QED) is 0.755. The van der Waals surface area contributed by atoms with Gasteiger partial charge in [0.25, 0.3) is 0 Å². The molecule has 6 nitrogen and oxygen atoms in total.